The summed E-state index contributed by atoms with van der Waals surface area (Å²) in [7, 11) is -0.500. The highest BCUT2D eigenvalue weighted by Crippen LogP contribution is 2.42. The average molecular weight is 295 g/mol. The molecule has 1 aromatic rings. The minimum Gasteiger partial charge on any atom is -0.398 e. The maximum Gasteiger partial charge on any atom is 0.514 e. The van der Waals surface area contributed by atoms with Crippen LogP contribution in [0.1, 0.15) is 46.2 Å². The molecule has 0 radical (unpaired) electrons. The number of nitrogens with zero attached hydrogens (tertiary/aromatic N) is 1. The van der Waals surface area contributed by atoms with E-state index in [0.717, 1.165) is 18.5 Å². The van der Waals surface area contributed by atoms with Gasteiger partial charge < -0.3 is 15.0 Å². The van der Waals surface area contributed by atoms with Crippen LogP contribution >= 0.6 is 11.6 Å². The van der Waals surface area contributed by atoms with Gasteiger partial charge in [-0.1, -0.05) is 11.6 Å². The SMILES string of the molecule is CC1(C)OB(c2cc(Cl)cc(C3(N)CC3)n2)OC1(C)C. The van der Waals surface area contributed by atoms with Crippen LogP contribution in [-0.2, 0) is 14.8 Å². The fraction of sp³-hybridized carbons (Fsp3) is 0.643. The average Bonchev–Trinajstić information content (AvgIpc) is 3.01. The lowest BCUT2D eigenvalue weighted by molar-refractivity contribution is 0.00578. The largest absolute Gasteiger partial charge is 0.514 e. The van der Waals surface area contributed by atoms with E-state index in [1.165, 1.54) is 0 Å². The Morgan fingerprint density at radius 2 is 1.70 bits per heavy atom. The number of aromatic nitrogens is 1. The van der Waals surface area contributed by atoms with Gasteiger partial charge in [-0.15, -0.1) is 0 Å². The second kappa shape index (κ2) is 4.20. The summed E-state index contributed by atoms with van der Waals surface area (Å²) in [5.41, 5.74) is 6.64. The third kappa shape index (κ3) is 2.27. The first-order valence-corrected chi connectivity index (χ1v) is 7.33. The molecule has 1 saturated heterocycles. The molecule has 0 unspecified atom stereocenters. The zero-order valence-electron chi connectivity index (χ0n) is 12.4. The normalized spacial score (nSPS) is 25.8. The Morgan fingerprint density at radius 1 is 1.15 bits per heavy atom. The molecular weight excluding hydrogens is 274 g/mol. The second-order valence-electron chi connectivity index (χ2n) is 6.84. The van der Waals surface area contributed by atoms with Gasteiger partial charge >= 0.3 is 7.12 Å². The molecule has 20 heavy (non-hydrogen) atoms. The van der Waals surface area contributed by atoms with Crippen molar-refractivity contribution in [2.75, 3.05) is 0 Å². The standard InChI is InChI=1S/C14H20BClN2O2/c1-12(2)13(3,4)20-15(19-12)11-8-9(16)7-10(18-11)14(17)5-6-14/h7-8H,5-6,17H2,1-4H3. The van der Waals surface area contributed by atoms with E-state index in [0.29, 0.717) is 10.6 Å². The molecule has 0 bridgehead atoms. The highest BCUT2D eigenvalue weighted by Gasteiger charge is 2.53. The molecule has 2 heterocycles. The van der Waals surface area contributed by atoms with E-state index in [1.807, 2.05) is 33.8 Å². The van der Waals surface area contributed by atoms with Gasteiger partial charge in [0.15, 0.2) is 0 Å². The molecule has 2 fully saturated rings. The summed E-state index contributed by atoms with van der Waals surface area (Å²) in [4.78, 5) is 4.62. The van der Waals surface area contributed by atoms with E-state index in [9.17, 15) is 0 Å². The minimum absolute atomic E-state index is 0.316. The summed E-state index contributed by atoms with van der Waals surface area (Å²) in [6.45, 7) is 8.07. The molecule has 4 nitrogen and oxygen atoms in total. The van der Waals surface area contributed by atoms with Crippen LogP contribution in [-0.4, -0.2) is 23.3 Å². The molecule has 0 amide bonds. The van der Waals surface area contributed by atoms with Crippen molar-refractivity contribution in [1.29, 1.82) is 0 Å². The van der Waals surface area contributed by atoms with Crippen molar-refractivity contribution in [3.05, 3.63) is 22.8 Å². The van der Waals surface area contributed by atoms with Gasteiger partial charge in [-0.05, 0) is 52.7 Å². The van der Waals surface area contributed by atoms with Gasteiger partial charge in [-0.3, -0.25) is 4.98 Å². The fourth-order valence-electron chi connectivity index (χ4n) is 2.25. The number of pyridine rings is 1. The summed E-state index contributed by atoms with van der Waals surface area (Å²) in [5, 5.41) is 0.622. The summed E-state index contributed by atoms with van der Waals surface area (Å²) >= 11 is 6.20. The van der Waals surface area contributed by atoms with Crippen LogP contribution in [0.15, 0.2) is 12.1 Å². The smallest absolute Gasteiger partial charge is 0.398 e. The summed E-state index contributed by atoms with van der Waals surface area (Å²) in [6, 6.07) is 3.63. The Labute approximate surface area is 125 Å². The Morgan fingerprint density at radius 3 is 2.20 bits per heavy atom. The van der Waals surface area contributed by atoms with Crippen LogP contribution in [0.25, 0.3) is 0 Å². The van der Waals surface area contributed by atoms with Crippen LogP contribution in [0.5, 0.6) is 0 Å². The van der Waals surface area contributed by atoms with Crippen LogP contribution in [0.2, 0.25) is 5.02 Å². The van der Waals surface area contributed by atoms with E-state index >= 15 is 0 Å². The van der Waals surface area contributed by atoms with Crippen molar-refractivity contribution in [3.8, 4) is 0 Å². The maximum absolute atomic E-state index is 6.21. The third-order valence-electron chi connectivity index (χ3n) is 4.60. The molecule has 3 rings (SSSR count). The predicted octanol–water partition coefficient (Wildman–Crippen LogP) is 1.98. The Kier molecular flexibility index (Phi) is 3.01. The van der Waals surface area contributed by atoms with Gasteiger partial charge in [0, 0.05) is 5.02 Å². The molecular formula is C14H20BClN2O2. The molecule has 1 aliphatic heterocycles. The number of nitrogens with two attached hydrogens (primary N) is 1. The van der Waals surface area contributed by atoms with Gasteiger partial charge in [-0.2, -0.15) is 0 Å². The van der Waals surface area contributed by atoms with Crippen LogP contribution in [0.3, 0.4) is 0 Å². The van der Waals surface area contributed by atoms with Crippen LogP contribution in [0.4, 0.5) is 0 Å². The first kappa shape index (κ1) is 14.3. The predicted molar refractivity (Wildman–Crippen MR) is 80.1 cm³/mol. The molecule has 6 heteroatoms. The fourth-order valence-corrected chi connectivity index (χ4v) is 2.46. The highest BCUT2D eigenvalue weighted by atomic mass is 35.5. The molecule has 108 valence electrons. The number of halogens is 1. The maximum atomic E-state index is 6.21. The van der Waals surface area contributed by atoms with Gasteiger partial charge in [0.1, 0.15) is 0 Å². The van der Waals surface area contributed by atoms with Crippen molar-refractivity contribution in [2.24, 2.45) is 5.73 Å². The lowest BCUT2D eigenvalue weighted by Crippen LogP contribution is -2.41. The second-order valence-corrected chi connectivity index (χ2v) is 7.28. The summed E-state index contributed by atoms with van der Waals surface area (Å²) in [5.74, 6) is 0. The van der Waals surface area contributed by atoms with Crippen molar-refractivity contribution in [2.45, 2.75) is 57.3 Å². The Balaban J connectivity index is 1.94. The van der Waals surface area contributed by atoms with E-state index < -0.39 is 7.12 Å². The van der Waals surface area contributed by atoms with Crippen LogP contribution < -0.4 is 11.3 Å². The molecule has 2 N–H and O–H groups in total. The van der Waals surface area contributed by atoms with Crippen molar-refractivity contribution >= 4 is 24.3 Å². The molecule has 1 saturated carbocycles. The van der Waals surface area contributed by atoms with E-state index in [2.05, 4.69) is 4.98 Å². The third-order valence-corrected chi connectivity index (χ3v) is 4.82. The highest BCUT2D eigenvalue weighted by molar-refractivity contribution is 6.61. The quantitative estimate of drug-likeness (QED) is 0.848. The summed E-state index contributed by atoms with van der Waals surface area (Å²) in [6.07, 6.45) is 1.90. The lowest BCUT2D eigenvalue weighted by Gasteiger charge is -2.32. The first-order chi connectivity index (χ1) is 9.13. The van der Waals surface area contributed by atoms with E-state index in [4.69, 9.17) is 26.6 Å². The number of hydrogen-bond acceptors (Lipinski definition) is 4. The Hall–Kier alpha value is -0.615. The molecule has 1 aromatic heterocycles. The monoisotopic (exact) mass is 294 g/mol. The van der Waals surface area contributed by atoms with Crippen molar-refractivity contribution < 1.29 is 9.31 Å². The molecule has 1 aliphatic carbocycles. The lowest BCUT2D eigenvalue weighted by atomic mass is 9.84. The molecule has 0 atom stereocenters. The minimum atomic E-state index is -0.500. The Bertz CT molecular complexity index is 542. The molecule has 2 aliphatic rings. The van der Waals surface area contributed by atoms with Gasteiger partial charge in [0.2, 0.25) is 0 Å². The van der Waals surface area contributed by atoms with Crippen molar-refractivity contribution in [1.82, 2.24) is 4.98 Å². The zero-order chi connectivity index (χ0) is 14.8. The van der Waals surface area contributed by atoms with E-state index in [-0.39, 0.29) is 16.7 Å². The van der Waals surface area contributed by atoms with E-state index in [1.54, 1.807) is 6.07 Å². The first-order valence-electron chi connectivity index (χ1n) is 6.96. The van der Waals surface area contributed by atoms with Gasteiger partial charge in [-0.25, -0.2) is 0 Å². The summed E-state index contributed by atoms with van der Waals surface area (Å²) < 4.78 is 12.0. The van der Waals surface area contributed by atoms with Gasteiger partial charge in [0.25, 0.3) is 0 Å². The van der Waals surface area contributed by atoms with Crippen LogP contribution in [0, 0.1) is 0 Å². The molecule has 0 spiro atoms. The molecule has 0 aromatic carbocycles. The zero-order valence-corrected chi connectivity index (χ0v) is 13.1. The van der Waals surface area contributed by atoms with Gasteiger partial charge in [0.05, 0.1) is 28.0 Å². The number of hydrogen-bond donors (Lipinski definition) is 1. The van der Waals surface area contributed by atoms with Crippen molar-refractivity contribution in [3.63, 3.8) is 0 Å². The number of rotatable bonds is 2. The topological polar surface area (TPSA) is 57.4 Å².